The Morgan fingerprint density at radius 2 is 2.10 bits per heavy atom. The molecule has 1 aliphatic carbocycles. The molecule has 1 aliphatic rings. The fourth-order valence-corrected chi connectivity index (χ4v) is 2.32. The summed E-state index contributed by atoms with van der Waals surface area (Å²) in [5.74, 6) is -1.35. The summed E-state index contributed by atoms with van der Waals surface area (Å²) in [5, 5.41) is 2.13. The van der Waals surface area contributed by atoms with E-state index in [1.807, 2.05) is 0 Å². The first-order valence-corrected chi connectivity index (χ1v) is 6.65. The highest BCUT2D eigenvalue weighted by Gasteiger charge is 2.60. The predicted molar refractivity (Wildman–Crippen MR) is 70.4 cm³/mol. The van der Waals surface area contributed by atoms with Gasteiger partial charge in [-0.1, -0.05) is 11.6 Å². The molecule has 1 N–H and O–H groups in total. The van der Waals surface area contributed by atoms with E-state index < -0.39 is 23.5 Å². The maximum Gasteiger partial charge on any atom is 0.411 e. The van der Waals surface area contributed by atoms with Gasteiger partial charge in [0.2, 0.25) is 5.88 Å². The van der Waals surface area contributed by atoms with Gasteiger partial charge in [-0.2, -0.15) is 13.2 Å². The Morgan fingerprint density at radius 1 is 1.48 bits per heavy atom. The summed E-state index contributed by atoms with van der Waals surface area (Å²) in [7, 11) is 1.35. The van der Waals surface area contributed by atoms with E-state index in [4.69, 9.17) is 16.3 Å². The van der Waals surface area contributed by atoms with Crippen molar-refractivity contribution >= 4 is 17.5 Å². The van der Waals surface area contributed by atoms with Crippen molar-refractivity contribution in [1.82, 2.24) is 10.3 Å². The lowest BCUT2D eigenvalue weighted by Crippen LogP contribution is -2.58. The molecule has 0 aromatic carbocycles. The van der Waals surface area contributed by atoms with Crippen molar-refractivity contribution in [3.8, 4) is 5.88 Å². The molecule has 4 nitrogen and oxygen atoms in total. The van der Waals surface area contributed by atoms with Gasteiger partial charge in [0.1, 0.15) is 10.6 Å². The molecule has 0 aliphatic heterocycles. The van der Waals surface area contributed by atoms with E-state index in [9.17, 15) is 18.0 Å². The first-order valence-electron chi connectivity index (χ1n) is 6.28. The van der Waals surface area contributed by atoms with Crippen LogP contribution in [0.2, 0.25) is 5.02 Å². The van der Waals surface area contributed by atoms with Crippen molar-refractivity contribution in [2.24, 2.45) is 5.92 Å². The van der Waals surface area contributed by atoms with Gasteiger partial charge in [0.05, 0.1) is 12.7 Å². The van der Waals surface area contributed by atoms with E-state index in [1.165, 1.54) is 13.2 Å². The number of aromatic nitrogens is 1. The van der Waals surface area contributed by atoms with Gasteiger partial charge in [-0.3, -0.25) is 4.79 Å². The largest absolute Gasteiger partial charge is 0.480 e. The molecule has 1 unspecified atom stereocenters. The Kier molecular flexibility index (Phi) is 4.06. The van der Waals surface area contributed by atoms with Crippen molar-refractivity contribution in [2.75, 3.05) is 7.11 Å². The van der Waals surface area contributed by atoms with Crippen LogP contribution in [0.4, 0.5) is 13.2 Å². The van der Waals surface area contributed by atoms with Gasteiger partial charge in [-0.05, 0) is 31.7 Å². The van der Waals surface area contributed by atoms with Crippen molar-refractivity contribution in [1.29, 1.82) is 0 Å². The van der Waals surface area contributed by atoms with E-state index in [0.29, 0.717) is 12.8 Å². The van der Waals surface area contributed by atoms with Crippen LogP contribution < -0.4 is 10.1 Å². The summed E-state index contributed by atoms with van der Waals surface area (Å²) in [6.07, 6.45) is -2.51. The molecular formula is C13H14ClF3N2O2. The number of carbonyl (C=O) groups is 1. The Morgan fingerprint density at radius 3 is 2.52 bits per heavy atom. The van der Waals surface area contributed by atoms with Gasteiger partial charge in [-0.25, -0.2) is 4.98 Å². The summed E-state index contributed by atoms with van der Waals surface area (Å²) >= 11 is 5.82. The second kappa shape index (κ2) is 5.36. The number of hydrogen-bond donors (Lipinski definition) is 1. The number of halogens is 4. The Bertz CT molecular complexity index is 561. The van der Waals surface area contributed by atoms with Crippen LogP contribution in [0.1, 0.15) is 30.1 Å². The second-order valence-electron chi connectivity index (χ2n) is 5.14. The molecule has 1 aromatic heterocycles. The van der Waals surface area contributed by atoms with Crippen LogP contribution in [0, 0.1) is 5.92 Å². The fourth-order valence-electron chi connectivity index (χ4n) is 2.07. The van der Waals surface area contributed by atoms with Gasteiger partial charge in [0.25, 0.3) is 5.91 Å². The van der Waals surface area contributed by atoms with Gasteiger partial charge in [0, 0.05) is 6.20 Å². The normalized spacial score (nSPS) is 18.0. The number of pyridine rings is 1. The van der Waals surface area contributed by atoms with Crippen molar-refractivity contribution in [3.05, 3.63) is 22.8 Å². The fraction of sp³-hybridized carbons (Fsp3) is 0.538. The molecule has 0 spiro atoms. The van der Waals surface area contributed by atoms with Crippen LogP contribution in [0.5, 0.6) is 5.88 Å². The van der Waals surface area contributed by atoms with Crippen LogP contribution in [0.15, 0.2) is 12.3 Å². The lowest BCUT2D eigenvalue weighted by Gasteiger charge is -2.33. The number of hydrogen-bond acceptors (Lipinski definition) is 3. The molecule has 1 fully saturated rings. The summed E-state index contributed by atoms with van der Waals surface area (Å²) in [4.78, 5) is 15.8. The number of rotatable bonds is 4. The van der Waals surface area contributed by atoms with E-state index >= 15 is 0 Å². The quantitative estimate of drug-likeness (QED) is 0.926. The van der Waals surface area contributed by atoms with Crippen LogP contribution >= 0.6 is 11.6 Å². The molecule has 0 saturated heterocycles. The summed E-state index contributed by atoms with van der Waals surface area (Å²) in [6.45, 7) is 1.00. The monoisotopic (exact) mass is 322 g/mol. The minimum atomic E-state index is -4.52. The molecule has 1 atom stereocenters. The highest BCUT2D eigenvalue weighted by molar-refractivity contribution is 6.32. The average Bonchev–Trinajstić information content (AvgIpc) is 3.21. The van der Waals surface area contributed by atoms with E-state index in [1.54, 1.807) is 0 Å². The molecular weight excluding hydrogens is 309 g/mol. The first kappa shape index (κ1) is 15.9. The molecule has 1 heterocycles. The summed E-state index contributed by atoms with van der Waals surface area (Å²) in [5.41, 5.74) is -2.28. The smallest absolute Gasteiger partial charge is 0.411 e. The number of carbonyl (C=O) groups excluding carboxylic acids is 1. The molecule has 21 heavy (non-hydrogen) atoms. The van der Waals surface area contributed by atoms with Crippen molar-refractivity contribution in [3.63, 3.8) is 0 Å². The SMILES string of the molecule is COc1ncc(C(=O)NC(C)(C2CC2)C(F)(F)F)cc1Cl. The highest BCUT2D eigenvalue weighted by atomic mass is 35.5. The maximum atomic E-state index is 13.2. The highest BCUT2D eigenvalue weighted by Crippen LogP contribution is 2.48. The summed E-state index contributed by atoms with van der Waals surface area (Å²) < 4.78 is 44.4. The summed E-state index contributed by atoms with van der Waals surface area (Å²) in [6, 6.07) is 1.23. The van der Waals surface area contributed by atoms with E-state index in [2.05, 4.69) is 10.3 Å². The van der Waals surface area contributed by atoms with Crippen molar-refractivity contribution in [2.45, 2.75) is 31.5 Å². The molecule has 0 radical (unpaired) electrons. The third-order valence-corrected chi connectivity index (χ3v) is 3.89. The Labute approximate surface area is 124 Å². The molecule has 116 valence electrons. The Balaban J connectivity index is 2.22. The Hall–Kier alpha value is -1.50. The van der Waals surface area contributed by atoms with Gasteiger partial charge >= 0.3 is 6.18 Å². The van der Waals surface area contributed by atoms with E-state index in [-0.39, 0.29) is 16.5 Å². The number of methoxy groups -OCH3 is 1. The zero-order valence-corrected chi connectivity index (χ0v) is 12.2. The molecule has 1 saturated carbocycles. The second-order valence-corrected chi connectivity index (χ2v) is 5.55. The van der Waals surface area contributed by atoms with Crippen molar-refractivity contribution < 1.29 is 22.7 Å². The zero-order valence-electron chi connectivity index (χ0n) is 11.4. The average molecular weight is 323 g/mol. The van der Waals surface area contributed by atoms with Crippen LogP contribution in [-0.4, -0.2) is 29.7 Å². The molecule has 8 heteroatoms. The number of alkyl halides is 3. The molecule has 2 rings (SSSR count). The van der Waals surface area contributed by atoms with Crippen LogP contribution in [0.25, 0.3) is 0 Å². The van der Waals surface area contributed by atoms with Crippen LogP contribution in [0.3, 0.4) is 0 Å². The van der Waals surface area contributed by atoms with Gasteiger partial charge < -0.3 is 10.1 Å². The van der Waals surface area contributed by atoms with Gasteiger partial charge in [0.15, 0.2) is 0 Å². The minimum Gasteiger partial charge on any atom is -0.480 e. The number of nitrogens with one attached hydrogen (secondary N) is 1. The molecule has 1 aromatic rings. The third kappa shape index (κ3) is 3.07. The number of nitrogens with zero attached hydrogens (tertiary/aromatic N) is 1. The molecule has 1 amide bonds. The lowest BCUT2D eigenvalue weighted by atomic mass is 9.94. The van der Waals surface area contributed by atoms with Crippen LogP contribution in [-0.2, 0) is 0 Å². The van der Waals surface area contributed by atoms with Gasteiger partial charge in [-0.15, -0.1) is 0 Å². The lowest BCUT2D eigenvalue weighted by molar-refractivity contribution is -0.194. The topological polar surface area (TPSA) is 51.2 Å². The standard InChI is InChI=1S/C13H14ClF3N2O2/c1-12(8-3-4-8,13(15,16)17)19-10(20)7-5-9(14)11(21-2)18-6-7/h5-6,8H,3-4H2,1-2H3,(H,19,20). The van der Waals surface area contributed by atoms with E-state index in [0.717, 1.165) is 13.1 Å². The molecule has 0 bridgehead atoms. The maximum absolute atomic E-state index is 13.2. The number of amides is 1. The number of ether oxygens (including phenoxy) is 1. The predicted octanol–water partition coefficient (Wildman–Crippen LogP) is 3.20. The third-order valence-electron chi connectivity index (χ3n) is 3.62. The first-order chi connectivity index (χ1) is 9.69. The zero-order chi connectivity index (χ0) is 15.8. The minimum absolute atomic E-state index is 0.0445.